The van der Waals surface area contributed by atoms with Crippen molar-refractivity contribution in [3.05, 3.63) is 35.4 Å². The zero-order valence-electron chi connectivity index (χ0n) is 19.0. The largest absolute Gasteiger partial charge is 0.352 e. The van der Waals surface area contributed by atoms with E-state index in [9.17, 15) is 4.79 Å². The van der Waals surface area contributed by atoms with Crippen LogP contribution in [0.25, 0.3) is 0 Å². The van der Waals surface area contributed by atoms with E-state index in [1.165, 1.54) is 11.1 Å². The molecule has 0 radical (unpaired) electrons. The lowest BCUT2D eigenvalue weighted by atomic mass is 10.1. The number of hydrogen-bond donors (Lipinski definition) is 2. The molecule has 2 fully saturated rings. The quantitative estimate of drug-likeness (QED) is 0.544. The van der Waals surface area contributed by atoms with E-state index in [-0.39, 0.29) is 17.9 Å². The van der Waals surface area contributed by atoms with Crippen LogP contribution in [0.3, 0.4) is 0 Å². The highest BCUT2D eigenvalue weighted by Gasteiger charge is 2.27. The summed E-state index contributed by atoms with van der Waals surface area (Å²) in [7, 11) is 3.98. The van der Waals surface area contributed by atoms with Crippen LogP contribution in [0.1, 0.15) is 31.4 Å². The van der Waals surface area contributed by atoms with Gasteiger partial charge in [0.15, 0.2) is 5.96 Å². The van der Waals surface area contributed by atoms with E-state index in [2.05, 4.69) is 56.7 Å². The van der Waals surface area contributed by atoms with Crippen molar-refractivity contribution in [1.82, 2.24) is 25.3 Å². The molecule has 2 saturated heterocycles. The maximum absolute atomic E-state index is 12.2. The lowest BCUT2D eigenvalue weighted by Gasteiger charge is -2.32. The molecule has 3 rings (SSSR count). The number of carbonyl (C=O) groups is 1. The smallest absolute Gasteiger partial charge is 0.225 e. The standard InChI is InChI=1S/C23H38N6O/c1-18(2)22(30)29-10-9-21(17-29)26-23(24-3)25-15-19-5-7-20(8-6-19)16-28-13-11-27(4)12-14-28/h5-8,18,21H,9-17H2,1-4H3,(H2,24,25,26). The molecule has 0 aliphatic carbocycles. The predicted octanol–water partition coefficient (Wildman–Crippen LogP) is 1.36. The minimum atomic E-state index is 0.0559. The number of amides is 1. The molecule has 166 valence electrons. The molecule has 30 heavy (non-hydrogen) atoms. The molecule has 1 aromatic carbocycles. The number of nitrogens with zero attached hydrogens (tertiary/aromatic N) is 4. The van der Waals surface area contributed by atoms with Crippen LogP contribution in [0.15, 0.2) is 29.3 Å². The first kappa shape index (κ1) is 22.6. The molecule has 1 amide bonds. The van der Waals surface area contributed by atoms with Crippen LogP contribution in [0.4, 0.5) is 0 Å². The summed E-state index contributed by atoms with van der Waals surface area (Å²) >= 11 is 0. The summed E-state index contributed by atoms with van der Waals surface area (Å²) in [5.74, 6) is 1.08. The van der Waals surface area contributed by atoms with Gasteiger partial charge < -0.3 is 20.4 Å². The van der Waals surface area contributed by atoms with Crippen LogP contribution in [-0.2, 0) is 17.9 Å². The number of carbonyl (C=O) groups excluding carboxylic acids is 1. The van der Waals surface area contributed by atoms with Gasteiger partial charge in [0.25, 0.3) is 0 Å². The lowest BCUT2D eigenvalue weighted by molar-refractivity contribution is -0.133. The number of aliphatic imine (C=N–C) groups is 1. The Labute approximate surface area is 181 Å². The Kier molecular flexibility index (Phi) is 8.10. The van der Waals surface area contributed by atoms with Crippen molar-refractivity contribution in [2.24, 2.45) is 10.9 Å². The number of benzene rings is 1. The summed E-state index contributed by atoms with van der Waals surface area (Å²) in [5.41, 5.74) is 2.61. The van der Waals surface area contributed by atoms with Crippen molar-refractivity contribution in [3.63, 3.8) is 0 Å². The molecule has 1 unspecified atom stereocenters. The van der Waals surface area contributed by atoms with Crippen molar-refractivity contribution in [2.75, 3.05) is 53.4 Å². The van der Waals surface area contributed by atoms with Crippen LogP contribution >= 0.6 is 0 Å². The average molecular weight is 415 g/mol. The number of hydrogen-bond acceptors (Lipinski definition) is 4. The molecule has 0 saturated carbocycles. The van der Waals surface area contributed by atoms with Gasteiger partial charge in [0.05, 0.1) is 0 Å². The van der Waals surface area contributed by atoms with Gasteiger partial charge in [-0.1, -0.05) is 38.1 Å². The number of guanidine groups is 1. The number of likely N-dealkylation sites (N-methyl/N-ethyl adjacent to an activating group) is 1. The van der Waals surface area contributed by atoms with Crippen molar-refractivity contribution < 1.29 is 4.79 Å². The van der Waals surface area contributed by atoms with Crippen molar-refractivity contribution in [1.29, 1.82) is 0 Å². The molecule has 7 heteroatoms. The fourth-order valence-corrected chi connectivity index (χ4v) is 4.04. The number of likely N-dealkylation sites (tertiary alicyclic amines) is 1. The Morgan fingerprint density at radius 3 is 2.40 bits per heavy atom. The first-order chi connectivity index (χ1) is 14.4. The highest BCUT2D eigenvalue weighted by molar-refractivity contribution is 5.81. The fourth-order valence-electron chi connectivity index (χ4n) is 4.04. The molecular weight excluding hydrogens is 376 g/mol. The zero-order chi connectivity index (χ0) is 21.5. The molecule has 0 aromatic heterocycles. The van der Waals surface area contributed by atoms with Crippen LogP contribution < -0.4 is 10.6 Å². The Morgan fingerprint density at radius 2 is 1.77 bits per heavy atom. The van der Waals surface area contributed by atoms with E-state index in [1.807, 2.05) is 18.7 Å². The van der Waals surface area contributed by atoms with E-state index in [0.29, 0.717) is 0 Å². The van der Waals surface area contributed by atoms with Crippen molar-refractivity contribution >= 4 is 11.9 Å². The van der Waals surface area contributed by atoms with Gasteiger partial charge in [0.1, 0.15) is 0 Å². The second-order valence-corrected chi connectivity index (χ2v) is 8.89. The number of piperazine rings is 1. The molecular formula is C23H38N6O. The van der Waals surface area contributed by atoms with Gasteiger partial charge in [0.2, 0.25) is 5.91 Å². The second kappa shape index (κ2) is 10.8. The summed E-state index contributed by atoms with van der Waals surface area (Å²) in [4.78, 5) is 23.4. The normalized spacial score (nSPS) is 21.3. The van der Waals surface area contributed by atoms with Crippen LogP contribution in [0.5, 0.6) is 0 Å². The van der Waals surface area contributed by atoms with E-state index >= 15 is 0 Å². The summed E-state index contributed by atoms with van der Waals surface area (Å²) < 4.78 is 0. The Morgan fingerprint density at radius 1 is 1.10 bits per heavy atom. The minimum absolute atomic E-state index is 0.0559. The topological polar surface area (TPSA) is 63.2 Å². The van der Waals surface area contributed by atoms with E-state index < -0.39 is 0 Å². The fraction of sp³-hybridized carbons (Fsp3) is 0.652. The van der Waals surface area contributed by atoms with Crippen LogP contribution in [0.2, 0.25) is 0 Å². The molecule has 0 spiro atoms. The van der Waals surface area contributed by atoms with Gasteiger partial charge in [-0.15, -0.1) is 0 Å². The van der Waals surface area contributed by atoms with E-state index in [4.69, 9.17) is 0 Å². The van der Waals surface area contributed by atoms with Gasteiger partial charge in [-0.05, 0) is 24.6 Å². The third-order valence-corrected chi connectivity index (χ3v) is 6.04. The molecule has 7 nitrogen and oxygen atoms in total. The molecule has 0 bridgehead atoms. The summed E-state index contributed by atoms with van der Waals surface area (Å²) in [6.07, 6.45) is 0.958. The maximum atomic E-state index is 12.2. The van der Waals surface area contributed by atoms with Gasteiger partial charge in [0, 0.05) is 71.4 Å². The summed E-state index contributed by atoms with van der Waals surface area (Å²) in [6, 6.07) is 9.12. The van der Waals surface area contributed by atoms with E-state index in [0.717, 1.165) is 64.7 Å². The zero-order valence-corrected chi connectivity index (χ0v) is 19.0. The van der Waals surface area contributed by atoms with Gasteiger partial charge in [-0.3, -0.25) is 14.7 Å². The molecule has 2 aliphatic rings. The SMILES string of the molecule is CN=C(NCc1ccc(CN2CCN(C)CC2)cc1)NC1CCN(C(=O)C(C)C)C1. The minimum Gasteiger partial charge on any atom is -0.352 e. The monoisotopic (exact) mass is 414 g/mol. The van der Waals surface area contributed by atoms with Crippen molar-refractivity contribution in [2.45, 2.75) is 39.4 Å². The molecule has 2 aliphatic heterocycles. The van der Waals surface area contributed by atoms with E-state index in [1.54, 1.807) is 7.05 Å². The van der Waals surface area contributed by atoms with Crippen molar-refractivity contribution in [3.8, 4) is 0 Å². The first-order valence-corrected chi connectivity index (χ1v) is 11.2. The number of nitrogens with one attached hydrogen (secondary N) is 2. The Bertz CT molecular complexity index is 709. The third kappa shape index (κ3) is 6.44. The predicted molar refractivity (Wildman–Crippen MR) is 122 cm³/mol. The van der Waals surface area contributed by atoms with Gasteiger partial charge in [-0.2, -0.15) is 0 Å². The second-order valence-electron chi connectivity index (χ2n) is 8.89. The van der Waals surface area contributed by atoms with Gasteiger partial charge in [-0.25, -0.2) is 0 Å². The summed E-state index contributed by atoms with van der Waals surface area (Å²) in [6.45, 7) is 11.8. The number of rotatable bonds is 6. The molecule has 2 heterocycles. The van der Waals surface area contributed by atoms with Crippen LogP contribution in [0, 0.1) is 5.92 Å². The highest BCUT2D eigenvalue weighted by atomic mass is 16.2. The van der Waals surface area contributed by atoms with Crippen LogP contribution in [-0.4, -0.2) is 86.0 Å². The first-order valence-electron chi connectivity index (χ1n) is 11.2. The maximum Gasteiger partial charge on any atom is 0.225 e. The molecule has 1 atom stereocenters. The Hall–Kier alpha value is -2.12. The Balaban J connectivity index is 1.42. The summed E-state index contributed by atoms with van der Waals surface area (Å²) in [5, 5.41) is 6.87. The highest BCUT2D eigenvalue weighted by Crippen LogP contribution is 2.13. The molecule has 1 aromatic rings. The third-order valence-electron chi connectivity index (χ3n) is 6.04. The molecule has 2 N–H and O–H groups in total. The van der Waals surface area contributed by atoms with Gasteiger partial charge >= 0.3 is 0 Å². The average Bonchev–Trinajstić information content (AvgIpc) is 3.21. The lowest BCUT2D eigenvalue weighted by Crippen LogP contribution is -2.45.